The van der Waals surface area contributed by atoms with Crippen molar-refractivity contribution in [2.24, 2.45) is 0 Å². The summed E-state index contributed by atoms with van der Waals surface area (Å²) in [5.74, 6) is -0.448. The molecule has 2 atom stereocenters. The smallest absolute Gasteiger partial charge is 0.246 e. The minimum Gasteiger partial charge on any atom is -0.293 e. The first-order chi connectivity index (χ1) is 5.99. The molecule has 0 aliphatic carbocycles. The second-order valence-corrected chi connectivity index (χ2v) is 3.77. The van der Waals surface area contributed by atoms with Gasteiger partial charge in [-0.2, -0.15) is 0 Å². The zero-order valence-corrected chi connectivity index (χ0v) is 8.31. The molecule has 0 bridgehead atoms. The Kier molecular flexibility index (Phi) is 2.71. The zero-order valence-electron chi connectivity index (χ0n) is 8.31. The number of amides is 2. The van der Waals surface area contributed by atoms with E-state index in [1.165, 1.54) is 0 Å². The van der Waals surface area contributed by atoms with Crippen LogP contribution in [0.3, 0.4) is 0 Å². The number of hydrogen-bond donors (Lipinski definition) is 2. The van der Waals surface area contributed by atoms with Crippen LogP contribution < -0.4 is 10.6 Å². The van der Waals surface area contributed by atoms with Crippen molar-refractivity contribution in [3.8, 4) is 0 Å². The average Bonchev–Trinajstić information content (AvgIpc) is 2.02. The largest absolute Gasteiger partial charge is 0.293 e. The number of hydrogen-bond acceptors (Lipinski definition) is 3. The van der Waals surface area contributed by atoms with Crippen LogP contribution in [-0.2, 0) is 9.59 Å². The number of carbonyl (C=O) groups is 2. The molecular formula is C9H16N2O2. The van der Waals surface area contributed by atoms with Gasteiger partial charge in [0.2, 0.25) is 11.8 Å². The van der Waals surface area contributed by atoms with Crippen LogP contribution in [-0.4, -0.2) is 23.4 Å². The Balaban J connectivity index is 2.76. The van der Waals surface area contributed by atoms with Gasteiger partial charge in [-0.3, -0.25) is 20.2 Å². The third-order valence-electron chi connectivity index (χ3n) is 2.42. The summed E-state index contributed by atoms with van der Waals surface area (Å²) in [6, 6.07) is -0.283. The molecule has 1 fully saturated rings. The Morgan fingerprint density at radius 1 is 1.46 bits per heavy atom. The molecule has 1 saturated heterocycles. The minimum atomic E-state index is -0.581. The first kappa shape index (κ1) is 10.2. The lowest BCUT2D eigenvalue weighted by atomic mass is 9.91. The first-order valence-electron chi connectivity index (χ1n) is 4.62. The molecule has 2 N–H and O–H groups in total. The van der Waals surface area contributed by atoms with E-state index in [0.29, 0.717) is 0 Å². The highest BCUT2D eigenvalue weighted by molar-refractivity contribution is 6.04. The van der Waals surface area contributed by atoms with E-state index in [9.17, 15) is 9.59 Å². The van der Waals surface area contributed by atoms with Gasteiger partial charge in [-0.25, -0.2) is 0 Å². The van der Waals surface area contributed by atoms with Gasteiger partial charge in [0.05, 0.1) is 11.6 Å². The summed E-state index contributed by atoms with van der Waals surface area (Å²) in [6.45, 7) is 5.60. The average molecular weight is 184 g/mol. The predicted molar refractivity (Wildman–Crippen MR) is 49.1 cm³/mol. The normalized spacial score (nSPS) is 34.5. The Morgan fingerprint density at radius 3 is 2.62 bits per heavy atom. The molecule has 2 unspecified atom stereocenters. The fourth-order valence-electron chi connectivity index (χ4n) is 1.65. The monoisotopic (exact) mass is 184 g/mol. The van der Waals surface area contributed by atoms with Crippen LogP contribution in [0, 0.1) is 0 Å². The fraction of sp³-hybridized carbons (Fsp3) is 0.778. The molecule has 1 heterocycles. The molecule has 0 radical (unpaired) electrons. The van der Waals surface area contributed by atoms with E-state index in [4.69, 9.17) is 0 Å². The van der Waals surface area contributed by atoms with E-state index in [0.717, 1.165) is 12.8 Å². The molecule has 0 aromatic carbocycles. The maximum absolute atomic E-state index is 11.5. The van der Waals surface area contributed by atoms with E-state index in [1.807, 2.05) is 13.8 Å². The molecule has 13 heavy (non-hydrogen) atoms. The lowest BCUT2D eigenvalue weighted by Crippen LogP contribution is -2.67. The third kappa shape index (κ3) is 1.88. The van der Waals surface area contributed by atoms with Gasteiger partial charge in [-0.15, -0.1) is 0 Å². The van der Waals surface area contributed by atoms with Crippen LogP contribution in [0.4, 0.5) is 0 Å². The van der Waals surface area contributed by atoms with Crippen LogP contribution in [0.2, 0.25) is 0 Å². The quantitative estimate of drug-likeness (QED) is 0.602. The fourth-order valence-corrected chi connectivity index (χ4v) is 1.65. The van der Waals surface area contributed by atoms with Crippen LogP contribution in [0.1, 0.15) is 33.6 Å². The lowest BCUT2D eigenvalue weighted by Gasteiger charge is -2.36. The Morgan fingerprint density at radius 2 is 2.08 bits per heavy atom. The number of nitrogens with one attached hydrogen (secondary N) is 2. The van der Waals surface area contributed by atoms with Crippen molar-refractivity contribution in [3.05, 3.63) is 0 Å². The highest BCUT2D eigenvalue weighted by Crippen LogP contribution is 2.16. The van der Waals surface area contributed by atoms with Gasteiger partial charge < -0.3 is 0 Å². The Labute approximate surface area is 78.1 Å². The molecule has 1 aliphatic heterocycles. The van der Waals surface area contributed by atoms with Crippen molar-refractivity contribution in [2.75, 3.05) is 0 Å². The minimum absolute atomic E-state index is 0.211. The summed E-state index contributed by atoms with van der Waals surface area (Å²) in [5, 5.41) is 5.40. The molecule has 4 nitrogen and oxygen atoms in total. The van der Waals surface area contributed by atoms with Crippen molar-refractivity contribution in [1.82, 2.24) is 10.6 Å². The van der Waals surface area contributed by atoms with Gasteiger partial charge in [0.25, 0.3) is 0 Å². The molecule has 0 aromatic heterocycles. The second kappa shape index (κ2) is 3.46. The van der Waals surface area contributed by atoms with Gasteiger partial charge in [0, 0.05) is 0 Å². The van der Waals surface area contributed by atoms with Crippen LogP contribution >= 0.6 is 0 Å². The number of carbonyl (C=O) groups excluding carboxylic acids is 2. The SMILES string of the molecule is CCCC1(C)NC(C)C(=O)NC1=O. The van der Waals surface area contributed by atoms with Crippen molar-refractivity contribution in [1.29, 1.82) is 0 Å². The summed E-state index contributed by atoms with van der Waals surface area (Å²) in [7, 11) is 0. The summed E-state index contributed by atoms with van der Waals surface area (Å²) >= 11 is 0. The van der Waals surface area contributed by atoms with E-state index >= 15 is 0 Å². The lowest BCUT2D eigenvalue weighted by molar-refractivity contribution is -0.140. The van der Waals surface area contributed by atoms with Gasteiger partial charge in [0.1, 0.15) is 0 Å². The molecule has 2 amide bonds. The maximum Gasteiger partial charge on any atom is 0.246 e. The molecule has 0 saturated carbocycles. The van der Waals surface area contributed by atoms with Gasteiger partial charge >= 0.3 is 0 Å². The summed E-state index contributed by atoms with van der Waals surface area (Å²) < 4.78 is 0. The highest BCUT2D eigenvalue weighted by atomic mass is 16.2. The van der Waals surface area contributed by atoms with Crippen molar-refractivity contribution in [3.63, 3.8) is 0 Å². The Hall–Kier alpha value is -0.900. The molecule has 1 rings (SSSR count). The Bertz CT molecular complexity index is 240. The van der Waals surface area contributed by atoms with Crippen LogP contribution in [0.25, 0.3) is 0 Å². The van der Waals surface area contributed by atoms with Crippen molar-refractivity contribution < 1.29 is 9.59 Å². The maximum atomic E-state index is 11.5. The highest BCUT2D eigenvalue weighted by Gasteiger charge is 2.40. The van der Waals surface area contributed by atoms with E-state index in [2.05, 4.69) is 10.6 Å². The topological polar surface area (TPSA) is 58.2 Å². The molecule has 0 spiro atoms. The predicted octanol–water partition coefficient (Wildman–Crippen LogP) is 0.180. The first-order valence-corrected chi connectivity index (χ1v) is 4.62. The van der Waals surface area contributed by atoms with Gasteiger partial charge in [0.15, 0.2) is 0 Å². The number of piperazine rings is 1. The molecule has 74 valence electrons. The zero-order chi connectivity index (χ0) is 10.1. The number of imide groups is 1. The third-order valence-corrected chi connectivity index (χ3v) is 2.42. The summed E-state index contributed by atoms with van der Waals surface area (Å²) in [6.07, 6.45) is 1.66. The van der Waals surface area contributed by atoms with Gasteiger partial charge in [-0.1, -0.05) is 13.3 Å². The second-order valence-electron chi connectivity index (χ2n) is 3.77. The molecule has 1 aliphatic rings. The summed E-state index contributed by atoms with van der Waals surface area (Å²) in [5.41, 5.74) is -0.581. The summed E-state index contributed by atoms with van der Waals surface area (Å²) in [4.78, 5) is 22.6. The van der Waals surface area contributed by atoms with E-state index in [-0.39, 0.29) is 17.9 Å². The van der Waals surface area contributed by atoms with E-state index < -0.39 is 5.54 Å². The van der Waals surface area contributed by atoms with Crippen molar-refractivity contribution >= 4 is 11.8 Å². The standard InChI is InChI=1S/C9H16N2O2/c1-4-5-9(3)8(13)10-7(12)6(2)11-9/h6,11H,4-5H2,1-3H3,(H,10,12,13). The van der Waals surface area contributed by atoms with Crippen LogP contribution in [0.15, 0.2) is 0 Å². The van der Waals surface area contributed by atoms with Crippen molar-refractivity contribution in [2.45, 2.75) is 45.2 Å². The molecular weight excluding hydrogens is 168 g/mol. The van der Waals surface area contributed by atoms with E-state index in [1.54, 1.807) is 6.92 Å². The number of rotatable bonds is 2. The van der Waals surface area contributed by atoms with Gasteiger partial charge in [-0.05, 0) is 20.3 Å². The van der Waals surface area contributed by atoms with Crippen LogP contribution in [0.5, 0.6) is 0 Å². The molecule has 4 heteroatoms. The molecule has 0 aromatic rings.